The van der Waals surface area contributed by atoms with E-state index in [1.807, 2.05) is 30.3 Å². The van der Waals surface area contributed by atoms with Gasteiger partial charge < -0.3 is 20.5 Å². The van der Waals surface area contributed by atoms with Crippen LogP contribution in [0.25, 0.3) is 0 Å². The van der Waals surface area contributed by atoms with Gasteiger partial charge in [0.05, 0.1) is 7.11 Å². The number of likely N-dealkylation sites (N-methyl/N-ethyl adjacent to an activating group) is 1. The van der Waals surface area contributed by atoms with Gasteiger partial charge in [0.25, 0.3) is 0 Å². The monoisotopic (exact) mass is 314 g/mol. The summed E-state index contributed by atoms with van der Waals surface area (Å²) < 4.78 is 5.09. The third-order valence-corrected chi connectivity index (χ3v) is 3.83. The molecule has 2 aromatic rings. The Labute approximate surface area is 136 Å². The number of ether oxygens (including phenoxy) is 1. The number of phenols is 1. The van der Waals surface area contributed by atoms with E-state index in [2.05, 4.69) is 0 Å². The van der Waals surface area contributed by atoms with E-state index in [-0.39, 0.29) is 11.7 Å². The topological polar surface area (TPSA) is 75.8 Å². The van der Waals surface area contributed by atoms with Gasteiger partial charge >= 0.3 is 0 Å². The predicted octanol–water partition coefficient (Wildman–Crippen LogP) is 2.23. The summed E-state index contributed by atoms with van der Waals surface area (Å²) in [5.41, 5.74) is 6.77. The van der Waals surface area contributed by atoms with Crippen molar-refractivity contribution in [3.8, 4) is 11.5 Å². The van der Waals surface area contributed by atoms with E-state index in [0.29, 0.717) is 12.3 Å². The van der Waals surface area contributed by atoms with Crippen LogP contribution >= 0.6 is 0 Å². The lowest BCUT2D eigenvalue weighted by molar-refractivity contribution is -0.136. The largest absolute Gasteiger partial charge is 0.504 e. The van der Waals surface area contributed by atoms with Crippen molar-refractivity contribution < 1.29 is 14.6 Å². The first-order valence-corrected chi connectivity index (χ1v) is 7.32. The first-order chi connectivity index (χ1) is 10.9. The Kier molecular flexibility index (Phi) is 4.91. The van der Waals surface area contributed by atoms with Gasteiger partial charge in [0, 0.05) is 13.6 Å². The highest BCUT2D eigenvalue weighted by molar-refractivity contribution is 5.86. The quantitative estimate of drug-likeness (QED) is 0.887. The van der Waals surface area contributed by atoms with Gasteiger partial charge in [0.2, 0.25) is 5.91 Å². The molecule has 122 valence electrons. The summed E-state index contributed by atoms with van der Waals surface area (Å²) in [6.07, 6.45) is 0. The fourth-order valence-corrected chi connectivity index (χ4v) is 2.47. The molecule has 0 aromatic heterocycles. The van der Waals surface area contributed by atoms with Crippen LogP contribution in [0.2, 0.25) is 0 Å². The van der Waals surface area contributed by atoms with Crippen LogP contribution in [0.5, 0.6) is 11.5 Å². The first kappa shape index (κ1) is 16.8. The van der Waals surface area contributed by atoms with Crippen molar-refractivity contribution in [2.24, 2.45) is 5.73 Å². The maximum absolute atomic E-state index is 12.7. The maximum atomic E-state index is 12.7. The summed E-state index contributed by atoms with van der Waals surface area (Å²) in [6, 6.07) is 14.3. The smallest absolute Gasteiger partial charge is 0.247 e. The van der Waals surface area contributed by atoms with Gasteiger partial charge in [-0.3, -0.25) is 4.79 Å². The number of hydrogen-bond donors (Lipinski definition) is 2. The fraction of sp³-hybridized carbons (Fsp3) is 0.278. The zero-order valence-corrected chi connectivity index (χ0v) is 13.6. The predicted molar refractivity (Wildman–Crippen MR) is 89.1 cm³/mol. The highest BCUT2D eigenvalue weighted by Crippen LogP contribution is 2.27. The molecule has 0 aliphatic carbocycles. The van der Waals surface area contributed by atoms with E-state index in [4.69, 9.17) is 10.5 Å². The average molecular weight is 314 g/mol. The molecule has 23 heavy (non-hydrogen) atoms. The molecule has 5 nitrogen and oxygen atoms in total. The second-order valence-corrected chi connectivity index (χ2v) is 5.74. The number of amides is 1. The van der Waals surface area contributed by atoms with Gasteiger partial charge in [-0.15, -0.1) is 0 Å². The molecular formula is C18H22N2O3. The Bertz CT molecular complexity index is 684. The molecule has 0 aliphatic heterocycles. The molecule has 2 rings (SSSR count). The molecule has 2 aromatic carbocycles. The van der Waals surface area contributed by atoms with Crippen molar-refractivity contribution in [2.75, 3.05) is 14.2 Å². The second-order valence-electron chi connectivity index (χ2n) is 5.74. The van der Waals surface area contributed by atoms with E-state index >= 15 is 0 Å². The summed E-state index contributed by atoms with van der Waals surface area (Å²) in [6.45, 7) is 2.08. The van der Waals surface area contributed by atoms with Crippen LogP contribution in [0, 0.1) is 0 Å². The molecule has 0 fully saturated rings. The highest BCUT2D eigenvalue weighted by atomic mass is 16.5. The minimum Gasteiger partial charge on any atom is -0.504 e. The molecule has 0 saturated carbocycles. The number of benzene rings is 2. The molecule has 0 aliphatic rings. The molecule has 1 amide bonds. The van der Waals surface area contributed by atoms with Crippen molar-refractivity contribution >= 4 is 5.91 Å². The van der Waals surface area contributed by atoms with Crippen LogP contribution in [0.3, 0.4) is 0 Å². The molecule has 0 bridgehead atoms. The molecule has 1 atom stereocenters. The zero-order valence-electron chi connectivity index (χ0n) is 13.6. The zero-order chi connectivity index (χ0) is 17.0. The molecule has 5 heteroatoms. The lowest BCUT2D eigenvalue weighted by atomic mass is 9.91. The van der Waals surface area contributed by atoms with E-state index < -0.39 is 5.54 Å². The van der Waals surface area contributed by atoms with Crippen molar-refractivity contribution in [1.82, 2.24) is 4.90 Å². The van der Waals surface area contributed by atoms with Gasteiger partial charge in [0.1, 0.15) is 5.54 Å². The number of aromatic hydroxyl groups is 1. The minimum absolute atomic E-state index is 0.0678. The molecule has 3 N–H and O–H groups in total. The van der Waals surface area contributed by atoms with E-state index in [1.165, 1.54) is 7.11 Å². The Morgan fingerprint density at radius 1 is 1.26 bits per heavy atom. The second kappa shape index (κ2) is 6.71. The van der Waals surface area contributed by atoms with Gasteiger partial charge in [-0.1, -0.05) is 36.4 Å². The number of methoxy groups -OCH3 is 1. The van der Waals surface area contributed by atoms with E-state index in [0.717, 1.165) is 11.1 Å². The van der Waals surface area contributed by atoms with Crippen LogP contribution in [0.4, 0.5) is 0 Å². The van der Waals surface area contributed by atoms with Crippen molar-refractivity contribution in [3.63, 3.8) is 0 Å². The van der Waals surface area contributed by atoms with Crippen LogP contribution in [-0.2, 0) is 16.9 Å². The molecule has 0 heterocycles. The number of nitrogens with two attached hydrogens (primary N) is 1. The van der Waals surface area contributed by atoms with Crippen LogP contribution in [-0.4, -0.2) is 30.1 Å². The Morgan fingerprint density at radius 2 is 1.91 bits per heavy atom. The fourth-order valence-electron chi connectivity index (χ4n) is 2.47. The van der Waals surface area contributed by atoms with Crippen LogP contribution < -0.4 is 10.5 Å². The van der Waals surface area contributed by atoms with Crippen LogP contribution in [0.1, 0.15) is 18.1 Å². The summed E-state index contributed by atoms with van der Waals surface area (Å²) in [7, 11) is 3.19. The van der Waals surface area contributed by atoms with Gasteiger partial charge in [-0.2, -0.15) is 0 Å². The summed E-state index contributed by atoms with van der Waals surface area (Å²) >= 11 is 0. The first-order valence-electron chi connectivity index (χ1n) is 7.32. The van der Waals surface area contributed by atoms with E-state index in [9.17, 15) is 9.90 Å². The number of nitrogens with zero attached hydrogens (tertiary/aromatic N) is 1. The average Bonchev–Trinajstić information content (AvgIpc) is 2.56. The lowest BCUT2D eigenvalue weighted by Gasteiger charge is -2.29. The number of rotatable bonds is 5. The Hall–Kier alpha value is -2.53. The summed E-state index contributed by atoms with van der Waals surface area (Å²) in [5.74, 6) is 0.260. The maximum Gasteiger partial charge on any atom is 0.247 e. The third-order valence-electron chi connectivity index (χ3n) is 3.83. The number of carbonyl (C=O) groups excluding carboxylic acids is 1. The van der Waals surface area contributed by atoms with Crippen LogP contribution in [0.15, 0.2) is 48.5 Å². The number of carbonyl (C=O) groups is 1. The molecule has 0 saturated heterocycles. The van der Waals surface area contributed by atoms with Gasteiger partial charge in [0.15, 0.2) is 11.5 Å². The Morgan fingerprint density at radius 3 is 2.52 bits per heavy atom. The summed E-state index contributed by atoms with van der Waals surface area (Å²) in [4.78, 5) is 14.3. The molecule has 0 radical (unpaired) electrons. The molecule has 0 spiro atoms. The van der Waals surface area contributed by atoms with Crippen molar-refractivity contribution in [2.45, 2.75) is 19.0 Å². The van der Waals surface area contributed by atoms with Crippen molar-refractivity contribution in [1.29, 1.82) is 0 Å². The highest BCUT2D eigenvalue weighted by Gasteiger charge is 2.32. The van der Waals surface area contributed by atoms with E-state index in [1.54, 1.807) is 37.1 Å². The number of hydrogen-bond acceptors (Lipinski definition) is 4. The minimum atomic E-state index is -1.10. The standard InChI is InChI=1S/C18H22N2O3/c1-18(19,14-7-5-4-6-8-14)17(22)20(2)12-13-9-10-15(21)16(11-13)23-3/h4-11,21H,12,19H2,1-3H3. The Balaban J connectivity index is 2.17. The van der Waals surface area contributed by atoms with Gasteiger partial charge in [-0.05, 0) is 30.2 Å². The number of phenolic OH excluding ortho intramolecular Hbond substituents is 1. The summed E-state index contributed by atoms with van der Waals surface area (Å²) in [5, 5.41) is 9.63. The van der Waals surface area contributed by atoms with Gasteiger partial charge in [-0.25, -0.2) is 0 Å². The molecular weight excluding hydrogens is 292 g/mol. The lowest BCUT2D eigenvalue weighted by Crippen LogP contribution is -2.49. The molecule has 1 unspecified atom stereocenters. The SMILES string of the molecule is COc1cc(CN(C)C(=O)C(C)(N)c2ccccc2)ccc1O. The third kappa shape index (κ3) is 3.63. The van der Waals surface area contributed by atoms with Crippen molar-refractivity contribution in [3.05, 3.63) is 59.7 Å². The normalized spacial score (nSPS) is 13.2.